The maximum Gasteiger partial charge on any atom is 0.354 e. The molecule has 1 N–H and O–H groups in total. The van der Waals surface area contributed by atoms with Crippen molar-refractivity contribution in [3.63, 3.8) is 0 Å². The lowest BCUT2D eigenvalue weighted by Crippen LogP contribution is -2.55. The van der Waals surface area contributed by atoms with E-state index in [0.29, 0.717) is 5.02 Å². The van der Waals surface area contributed by atoms with Gasteiger partial charge < -0.3 is 9.84 Å². The lowest BCUT2D eigenvalue weighted by molar-refractivity contribution is -0.144. The molecule has 0 saturated carbocycles. The van der Waals surface area contributed by atoms with E-state index < -0.39 is 23.0 Å². The molecule has 1 amide bonds. The van der Waals surface area contributed by atoms with E-state index in [0.717, 1.165) is 5.01 Å². The lowest BCUT2D eigenvalue weighted by Gasteiger charge is -2.41. The number of esters is 1. The Bertz CT molecular complexity index is 696. The van der Waals surface area contributed by atoms with Crippen LogP contribution in [0.25, 0.3) is 0 Å². The fourth-order valence-corrected chi connectivity index (χ4v) is 2.60. The summed E-state index contributed by atoms with van der Waals surface area (Å²) in [5, 5.41) is 16.6. The van der Waals surface area contributed by atoms with Crippen LogP contribution in [0.5, 0.6) is 0 Å². The summed E-state index contributed by atoms with van der Waals surface area (Å²) in [6.07, 6.45) is -0.0956. The molecule has 0 unspecified atom stereocenters. The van der Waals surface area contributed by atoms with E-state index in [1.165, 1.54) is 6.07 Å². The summed E-state index contributed by atoms with van der Waals surface area (Å²) in [4.78, 5) is 24.8. The lowest BCUT2D eigenvalue weighted by atomic mass is 9.80. The standard InChI is InChI=1S/C17H21ClN2O4/c1-5-24-15(22)13-10-17(23,16(2,3)4)20(19-13)14(21)11-7-6-8-12(18)9-11/h6-9,23H,5,10H2,1-4H3/t17-/m0/s1. The molecule has 24 heavy (non-hydrogen) atoms. The fourth-order valence-electron chi connectivity index (χ4n) is 2.41. The Labute approximate surface area is 146 Å². The number of carbonyl (C=O) groups is 2. The highest BCUT2D eigenvalue weighted by Crippen LogP contribution is 2.41. The second kappa shape index (κ2) is 6.53. The van der Waals surface area contributed by atoms with Crippen LogP contribution >= 0.6 is 11.6 Å². The van der Waals surface area contributed by atoms with Crippen molar-refractivity contribution >= 4 is 29.2 Å². The van der Waals surface area contributed by atoms with E-state index in [-0.39, 0.29) is 24.3 Å². The molecule has 0 spiro atoms. The van der Waals surface area contributed by atoms with E-state index in [9.17, 15) is 14.7 Å². The van der Waals surface area contributed by atoms with Gasteiger partial charge in [0.25, 0.3) is 5.91 Å². The van der Waals surface area contributed by atoms with Crippen LogP contribution in [-0.4, -0.2) is 40.0 Å². The number of aliphatic hydroxyl groups is 1. The summed E-state index contributed by atoms with van der Waals surface area (Å²) in [6, 6.07) is 6.35. The zero-order valence-corrected chi connectivity index (χ0v) is 14.9. The van der Waals surface area contributed by atoms with Gasteiger partial charge in [-0.25, -0.2) is 4.79 Å². The molecule has 1 atom stereocenters. The van der Waals surface area contributed by atoms with Crippen molar-refractivity contribution in [3.8, 4) is 0 Å². The highest BCUT2D eigenvalue weighted by Gasteiger charge is 2.54. The number of hydrogen-bond acceptors (Lipinski definition) is 5. The Hall–Kier alpha value is -1.92. The van der Waals surface area contributed by atoms with Gasteiger partial charge in [0.05, 0.1) is 6.61 Å². The summed E-state index contributed by atoms with van der Waals surface area (Å²) >= 11 is 5.93. The van der Waals surface area contributed by atoms with Gasteiger partial charge in [0.15, 0.2) is 11.4 Å². The van der Waals surface area contributed by atoms with Gasteiger partial charge in [-0.1, -0.05) is 38.4 Å². The van der Waals surface area contributed by atoms with Crippen LogP contribution in [0.15, 0.2) is 29.4 Å². The Balaban J connectivity index is 2.45. The second-order valence-corrected chi connectivity index (χ2v) is 7.07. The highest BCUT2D eigenvalue weighted by atomic mass is 35.5. The number of ether oxygens (including phenoxy) is 1. The van der Waals surface area contributed by atoms with Gasteiger partial charge in [-0.15, -0.1) is 0 Å². The second-order valence-electron chi connectivity index (χ2n) is 6.64. The molecule has 1 aliphatic rings. The van der Waals surface area contributed by atoms with E-state index in [1.54, 1.807) is 45.9 Å². The van der Waals surface area contributed by atoms with Crippen molar-refractivity contribution in [1.82, 2.24) is 5.01 Å². The monoisotopic (exact) mass is 352 g/mol. The number of benzene rings is 1. The predicted octanol–water partition coefficient (Wildman–Crippen LogP) is 2.84. The van der Waals surface area contributed by atoms with Crippen molar-refractivity contribution in [1.29, 1.82) is 0 Å². The van der Waals surface area contributed by atoms with Crippen LogP contribution in [0.2, 0.25) is 5.02 Å². The van der Waals surface area contributed by atoms with Gasteiger partial charge in [0.1, 0.15) is 0 Å². The molecule has 0 saturated heterocycles. The Morgan fingerprint density at radius 1 is 1.42 bits per heavy atom. The summed E-state index contributed by atoms with van der Waals surface area (Å²) in [5.74, 6) is -1.17. The van der Waals surface area contributed by atoms with Gasteiger partial charge >= 0.3 is 5.97 Å². The molecule has 0 radical (unpaired) electrons. The third-order valence-corrected chi connectivity index (χ3v) is 4.20. The molecule has 6 nitrogen and oxygen atoms in total. The zero-order valence-electron chi connectivity index (χ0n) is 14.2. The quantitative estimate of drug-likeness (QED) is 0.848. The molecular weight excluding hydrogens is 332 g/mol. The number of rotatable bonds is 3. The Morgan fingerprint density at radius 3 is 2.62 bits per heavy atom. The maximum atomic E-state index is 12.8. The number of nitrogens with zero attached hydrogens (tertiary/aromatic N) is 2. The first-order chi connectivity index (χ1) is 11.1. The van der Waals surface area contributed by atoms with Crippen molar-refractivity contribution < 1.29 is 19.4 Å². The summed E-state index contributed by atoms with van der Waals surface area (Å²) in [5.41, 5.74) is -2.09. The zero-order chi connectivity index (χ0) is 18.1. The van der Waals surface area contributed by atoms with E-state index >= 15 is 0 Å². The molecular formula is C17H21ClN2O4. The number of hydrogen-bond donors (Lipinski definition) is 1. The fraction of sp³-hybridized carbons (Fsp3) is 0.471. The van der Waals surface area contributed by atoms with E-state index in [1.807, 2.05) is 0 Å². The largest absolute Gasteiger partial charge is 0.461 e. The molecule has 1 heterocycles. The molecule has 0 aromatic heterocycles. The number of hydrazone groups is 1. The SMILES string of the molecule is CCOC(=O)C1=NN(C(=O)c2cccc(Cl)c2)[C@@](O)(C(C)(C)C)C1. The van der Waals surface area contributed by atoms with Gasteiger partial charge in [0.2, 0.25) is 0 Å². The molecule has 7 heteroatoms. The molecule has 0 fully saturated rings. The molecule has 1 aromatic rings. The van der Waals surface area contributed by atoms with Crippen LogP contribution in [0.3, 0.4) is 0 Å². The van der Waals surface area contributed by atoms with Crippen molar-refractivity contribution in [2.75, 3.05) is 6.61 Å². The molecule has 0 bridgehead atoms. The van der Waals surface area contributed by atoms with Crippen molar-refractivity contribution in [2.24, 2.45) is 10.5 Å². The molecule has 130 valence electrons. The van der Waals surface area contributed by atoms with Gasteiger partial charge in [-0.05, 0) is 25.1 Å². The first kappa shape index (κ1) is 18.4. The topological polar surface area (TPSA) is 79.2 Å². The summed E-state index contributed by atoms with van der Waals surface area (Å²) < 4.78 is 4.94. The summed E-state index contributed by atoms with van der Waals surface area (Å²) in [7, 11) is 0. The smallest absolute Gasteiger partial charge is 0.354 e. The first-order valence-electron chi connectivity index (χ1n) is 7.67. The highest BCUT2D eigenvalue weighted by molar-refractivity contribution is 6.37. The molecule has 0 aliphatic carbocycles. The Morgan fingerprint density at radius 2 is 2.08 bits per heavy atom. The minimum atomic E-state index is -1.64. The normalized spacial score (nSPS) is 20.8. The minimum absolute atomic E-state index is 0.0182. The van der Waals surface area contributed by atoms with Gasteiger partial charge in [-0.2, -0.15) is 10.1 Å². The summed E-state index contributed by atoms with van der Waals surface area (Å²) in [6.45, 7) is 7.19. The average molecular weight is 353 g/mol. The van der Waals surface area contributed by atoms with Gasteiger partial charge in [0, 0.05) is 22.4 Å². The maximum absolute atomic E-state index is 12.8. The van der Waals surface area contributed by atoms with Crippen LogP contribution < -0.4 is 0 Å². The Kier molecular flexibility index (Phi) is 5.01. The number of carbonyl (C=O) groups excluding carboxylic acids is 2. The molecule has 1 aliphatic heterocycles. The van der Waals surface area contributed by atoms with E-state index in [4.69, 9.17) is 16.3 Å². The van der Waals surface area contributed by atoms with Gasteiger partial charge in [-0.3, -0.25) is 4.79 Å². The van der Waals surface area contributed by atoms with Crippen molar-refractivity contribution in [3.05, 3.63) is 34.9 Å². The third kappa shape index (κ3) is 3.30. The van der Waals surface area contributed by atoms with Crippen LogP contribution in [0, 0.1) is 5.41 Å². The first-order valence-corrected chi connectivity index (χ1v) is 8.05. The minimum Gasteiger partial charge on any atom is -0.461 e. The van der Waals surface area contributed by atoms with Crippen LogP contribution in [-0.2, 0) is 9.53 Å². The number of amides is 1. The van der Waals surface area contributed by atoms with E-state index in [2.05, 4.69) is 5.10 Å². The molecule has 1 aromatic carbocycles. The van der Waals surface area contributed by atoms with Crippen LogP contribution in [0.1, 0.15) is 44.5 Å². The third-order valence-electron chi connectivity index (χ3n) is 3.96. The molecule has 2 rings (SSSR count). The average Bonchev–Trinajstić information content (AvgIpc) is 2.86. The predicted molar refractivity (Wildman–Crippen MR) is 90.7 cm³/mol. The van der Waals surface area contributed by atoms with Crippen LogP contribution in [0.4, 0.5) is 0 Å². The number of halogens is 1. The van der Waals surface area contributed by atoms with Crippen molar-refractivity contribution in [2.45, 2.75) is 39.8 Å².